The van der Waals surface area contributed by atoms with E-state index in [1.54, 1.807) is 0 Å². The first-order valence-electron chi connectivity index (χ1n) is 6.90. The molecule has 1 atom stereocenters. The lowest BCUT2D eigenvalue weighted by Gasteiger charge is -2.30. The van der Waals surface area contributed by atoms with Crippen LogP contribution in [0.25, 0.3) is 0 Å². The molecule has 0 spiro atoms. The molecular formula is C17H19N3. The van der Waals surface area contributed by atoms with Crippen molar-refractivity contribution in [3.63, 3.8) is 0 Å². The zero-order valence-corrected chi connectivity index (χ0v) is 11.6. The second kappa shape index (κ2) is 5.37. The van der Waals surface area contributed by atoms with Gasteiger partial charge >= 0.3 is 0 Å². The second-order valence-electron chi connectivity index (χ2n) is 5.18. The molecule has 2 N–H and O–H groups in total. The van der Waals surface area contributed by atoms with Crippen molar-refractivity contribution < 1.29 is 0 Å². The third kappa shape index (κ3) is 2.27. The molecule has 2 aromatic carbocycles. The highest BCUT2D eigenvalue weighted by Crippen LogP contribution is 2.32. The number of hydrogen-bond acceptors (Lipinski definition) is 3. The predicted octanol–water partition coefficient (Wildman–Crippen LogP) is 2.45. The van der Waals surface area contributed by atoms with Crippen molar-refractivity contribution in [3.05, 3.63) is 71.8 Å². The fourth-order valence-corrected chi connectivity index (χ4v) is 2.88. The number of rotatable bonds is 3. The lowest BCUT2D eigenvalue weighted by molar-refractivity contribution is 0.367. The van der Waals surface area contributed by atoms with Gasteiger partial charge in [0.15, 0.2) is 5.96 Å². The molecule has 1 unspecified atom stereocenters. The molecule has 0 radical (unpaired) electrons. The quantitative estimate of drug-likeness (QED) is 0.926. The van der Waals surface area contributed by atoms with Crippen LogP contribution in [0.5, 0.6) is 0 Å². The minimum absolute atomic E-state index is 0.278. The molecule has 0 fully saturated rings. The van der Waals surface area contributed by atoms with E-state index in [1.165, 1.54) is 11.1 Å². The van der Waals surface area contributed by atoms with Gasteiger partial charge in [0.2, 0.25) is 0 Å². The van der Waals surface area contributed by atoms with Crippen LogP contribution in [0.3, 0.4) is 0 Å². The molecule has 0 aromatic heterocycles. The summed E-state index contributed by atoms with van der Waals surface area (Å²) in [5.41, 5.74) is 8.55. The lowest BCUT2D eigenvalue weighted by Crippen LogP contribution is -2.41. The number of nitrogens with zero attached hydrogens (tertiary/aromatic N) is 2. The van der Waals surface area contributed by atoms with Crippen molar-refractivity contribution in [2.24, 2.45) is 10.7 Å². The van der Waals surface area contributed by atoms with E-state index in [4.69, 9.17) is 5.73 Å². The molecule has 3 nitrogen and oxygen atoms in total. The molecule has 102 valence electrons. The monoisotopic (exact) mass is 265 g/mol. The molecule has 0 aliphatic carbocycles. The Morgan fingerprint density at radius 3 is 1.90 bits per heavy atom. The SMILES string of the molecule is CN1C(N)=NCC1C(c1ccccc1)c1ccccc1. The molecule has 3 rings (SSSR count). The van der Waals surface area contributed by atoms with Gasteiger partial charge in [-0.15, -0.1) is 0 Å². The fourth-order valence-electron chi connectivity index (χ4n) is 2.88. The van der Waals surface area contributed by atoms with Gasteiger partial charge in [0.25, 0.3) is 0 Å². The van der Waals surface area contributed by atoms with Crippen LogP contribution in [0, 0.1) is 0 Å². The minimum atomic E-state index is 0.278. The van der Waals surface area contributed by atoms with Gasteiger partial charge in [-0.2, -0.15) is 0 Å². The van der Waals surface area contributed by atoms with Gasteiger partial charge in [-0.1, -0.05) is 60.7 Å². The Balaban J connectivity index is 2.01. The molecule has 0 saturated carbocycles. The van der Waals surface area contributed by atoms with Gasteiger partial charge < -0.3 is 10.6 Å². The van der Waals surface area contributed by atoms with Crippen LogP contribution in [0.4, 0.5) is 0 Å². The topological polar surface area (TPSA) is 41.6 Å². The van der Waals surface area contributed by atoms with Gasteiger partial charge in [-0.3, -0.25) is 4.99 Å². The first-order valence-corrected chi connectivity index (χ1v) is 6.90. The maximum absolute atomic E-state index is 5.94. The van der Waals surface area contributed by atoms with E-state index in [2.05, 4.69) is 70.6 Å². The Labute approximate surface area is 119 Å². The summed E-state index contributed by atoms with van der Waals surface area (Å²) in [5.74, 6) is 0.916. The highest BCUT2D eigenvalue weighted by atomic mass is 15.3. The number of benzene rings is 2. The zero-order valence-electron chi connectivity index (χ0n) is 11.6. The van der Waals surface area contributed by atoms with E-state index >= 15 is 0 Å². The summed E-state index contributed by atoms with van der Waals surface area (Å²) in [6, 6.07) is 21.5. The van der Waals surface area contributed by atoms with Crippen LogP contribution in [0.2, 0.25) is 0 Å². The summed E-state index contributed by atoms with van der Waals surface area (Å²) in [5, 5.41) is 0. The van der Waals surface area contributed by atoms with Crippen molar-refractivity contribution >= 4 is 5.96 Å². The molecule has 1 aliphatic heterocycles. The summed E-state index contributed by atoms with van der Waals surface area (Å²) in [7, 11) is 2.02. The molecule has 0 saturated heterocycles. The van der Waals surface area contributed by atoms with E-state index in [-0.39, 0.29) is 12.0 Å². The highest BCUT2D eigenvalue weighted by Gasteiger charge is 2.32. The normalized spacial score (nSPS) is 18.4. The average Bonchev–Trinajstić information content (AvgIpc) is 2.82. The lowest BCUT2D eigenvalue weighted by atomic mass is 9.85. The molecule has 1 heterocycles. The van der Waals surface area contributed by atoms with E-state index in [0.29, 0.717) is 5.96 Å². The van der Waals surface area contributed by atoms with Crippen molar-refractivity contribution in [3.8, 4) is 0 Å². The molecule has 0 amide bonds. The van der Waals surface area contributed by atoms with Crippen LogP contribution in [-0.2, 0) is 0 Å². The van der Waals surface area contributed by atoms with Gasteiger partial charge in [-0.05, 0) is 11.1 Å². The summed E-state index contributed by atoms with van der Waals surface area (Å²) < 4.78 is 0. The number of aliphatic imine (C=N–C) groups is 1. The number of nitrogens with two attached hydrogens (primary N) is 1. The molecule has 3 heteroatoms. The Hall–Kier alpha value is -2.29. The molecular weight excluding hydrogens is 246 g/mol. The third-order valence-corrected chi connectivity index (χ3v) is 4.00. The van der Waals surface area contributed by atoms with Crippen molar-refractivity contribution in [2.75, 3.05) is 13.6 Å². The maximum atomic E-state index is 5.94. The van der Waals surface area contributed by atoms with Crippen LogP contribution in [0.15, 0.2) is 65.7 Å². The number of hydrogen-bond donors (Lipinski definition) is 1. The van der Waals surface area contributed by atoms with Gasteiger partial charge in [-0.25, -0.2) is 0 Å². The van der Waals surface area contributed by atoms with E-state index in [9.17, 15) is 0 Å². The van der Waals surface area contributed by atoms with Gasteiger partial charge in [0.05, 0.1) is 12.6 Å². The summed E-state index contributed by atoms with van der Waals surface area (Å²) in [6.45, 7) is 0.747. The first-order chi connectivity index (χ1) is 9.77. The van der Waals surface area contributed by atoms with E-state index in [0.717, 1.165) is 6.54 Å². The van der Waals surface area contributed by atoms with Gasteiger partial charge in [0.1, 0.15) is 0 Å². The van der Waals surface area contributed by atoms with Crippen molar-refractivity contribution in [1.29, 1.82) is 0 Å². The van der Waals surface area contributed by atoms with Crippen LogP contribution in [-0.4, -0.2) is 30.5 Å². The zero-order chi connectivity index (χ0) is 13.9. The summed E-state index contributed by atoms with van der Waals surface area (Å²) in [6.07, 6.45) is 0. The first kappa shape index (κ1) is 12.7. The number of guanidine groups is 1. The maximum Gasteiger partial charge on any atom is 0.191 e. The Bertz CT molecular complexity index is 553. The molecule has 1 aliphatic rings. The summed E-state index contributed by atoms with van der Waals surface area (Å²) in [4.78, 5) is 6.48. The molecule has 0 bridgehead atoms. The standard InChI is InChI=1S/C17H19N3/c1-20-15(12-19-17(20)18)16(13-8-4-2-5-9-13)14-10-6-3-7-11-14/h2-11,15-16H,12H2,1H3,(H2,18,19). The molecule has 20 heavy (non-hydrogen) atoms. The average molecular weight is 265 g/mol. The van der Waals surface area contributed by atoms with Crippen LogP contribution >= 0.6 is 0 Å². The largest absolute Gasteiger partial charge is 0.370 e. The van der Waals surface area contributed by atoms with Crippen molar-refractivity contribution in [2.45, 2.75) is 12.0 Å². The highest BCUT2D eigenvalue weighted by molar-refractivity contribution is 5.80. The molecule has 2 aromatic rings. The van der Waals surface area contributed by atoms with Crippen molar-refractivity contribution in [1.82, 2.24) is 4.90 Å². The Morgan fingerprint density at radius 2 is 1.50 bits per heavy atom. The van der Waals surface area contributed by atoms with E-state index in [1.807, 2.05) is 7.05 Å². The minimum Gasteiger partial charge on any atom is -0.370 e. The van der Waals surface area contributed by atoms with E-state index < -0.39 is 0 Å². The Morgan fingerprint density at radius 1 is 1.00 bits per heavy atom. The Kier molecular flexibility index (Phi) is 3.42. The van der Waals surface area contributed by atoms with Gasteiger partial charge in [0, 0.05) is 13.0 Å². The second-order valence-corrected chi connectivity index (χ2v) is 5.18. The van der Waals surface area contributed by atoms with Crippen LogP contribution in [0.1, 0.15) is 17.0 Å². The van der Waals surface area contributed by atoms with Crippen LogP contribution < -0.4 is 5.73 Å². The fraction of sp³-hybridized carbons (Fsp3) is 0.235. The predicted molar refractivity (Wildman–Crippen MR) is 82.8 cm³/mol. The third-order valence-electron chi connectivity index (χ3n) is 4.00. The summed E-state index contributed by atoms with van der Waals surface area (Å²) >= 11 is 0. The smallest absolute Gasteiger partial charge is 0.191 e. The number of likely N-dealkylation sites (N-methyl/N-ethyl adjacent to an activating group) is 1.